The second-order valence-corrected chi connectivity index (χ2v) is 4.71. The van der Waals surface area contributed by atoms with Gasteiger partial charge in [0.25, 0.3) is 0 Å². The van der Waals surface area contributed by atoms with Gasteiger partial charge in [-0.3, -0.25) is 4.79 Å². The van der Waals surface area contributed by atoms with Crippen LogP contribution in [0.3, 0.4) is 0 Å². The van der Waals surface area contributed by atoms with E-state index in [0.717, 1.165) is 5.56 Å². The van der Waals surface area contributed by atoms with Gasteiger partial charge in [0, 0.05) is 5.56 Å². The van der Waals surface area contributed by atoms with E-state index in [2.05, 4.69) is 0 Å². The number of carboxylic acids is 1. The molecule has 2 aromatic carbocycles. The summed E-state index contributed by atoms with van der Waals surface area (Å²) in [6, 6.07) is 11.7. The molecule has 2 rings (SSSR count). The average molecular weight is 300 g/mol. The molecule has 0 aliphatic rings. The van der Waals surface area contributed by atoms with Crippen molar-refractivity contribution in [3.63, 3.8) is 0 Å². The van der Waals surface area contributed by atoms with Gasteiger partial charge in [-0.15, -0.1) is 0 Å². The third-order valence-corrected chi connectivity index (χ3v) is 3.14. The minimum Gasteiger partial charge on any atom is -0.497 e. The number of ketones is 1. The average Bonchev–Trinajstić information content (AvgIpc) is 2.52. The number of Topliss-reactive ketones (excluding diaryl/α,β-unsaturated/α-hetero) is 1. The van der Waals surface area contributed by atoms with Crippen molar-refractivity contribution in [1.29, 1.82) is 0 Å². The molecule has 0 unspecified atom stereocenters. The number of rotatable bonds is 6. The van der Waals surface area contributed by atoms with Crippen LogP contribution in [0.15, 0.2) is 42.5 Å². The molecule has 114 valence electrons. The minimum atomic E-state index is -1.14. The molecule has 5 nitrogen and oxygen atoms in total. The topological polar surface area (TPSA) is 72.8 Å². The highest BCUT2D eigenvalue weighted by atomic mass is 16.5. The summed E-state index contributed by atoms with van der Waals surface area (Å²) in [4.78, 5) is 22.6. The zero-order valence-electron chi connectivity index (χ0n) is 12.3. The zero-order valence-corrected chi connectivity index (χ0v) is 12.3. The molecule has 0 aromatic heterocycles. The van der Waals surface area contributed by atoms with Crippen LogP contribution in [0.25, 0.3) is 0 Å². The molecule has 5 heteroatoms. The molecule has 2 aromatic rings. The molecule has 0 aliphatic heterocycles. The maximum absolute atomic E-state index is 11.3. The van der Waals surface area contributed by atoms with Gasteiger partial charge in [0.05, 0.1) is 7.11 Å². The van der Waals surface area contributed by atoms with Crippen LogP contribution in [0.1, 0.15) is 33.2 Å². The second-order valence-electron chi connectivity index (χ2n) is 4.71. The summed E-state index contributed by atoms with van der Waals surface area (Å²) in [7, 11) is 1.57. The number of hydrogen-bond donors (Lipinski definition) is 1. The van der Waals surface area contributed by atoms with Gasteiger partial charge in [-0.25, -0.2) is 4.79 Å². The van der Waals surface area contributed by atoms with E-state index < -0.39 is 5.97 Å². The maximum Gasteiger partial charge on any atom is 0.339 e. The van der Waals surface area contributed by atoms with Gasteiger partial charge in [0.15, 0.2) is 5.78 Å². The van der Waals surface area contributed by atoms with Crippen molar-refractivity contribution < 1.29 is 24.2 Å². The molecule has 0 atom stereocenters. The summed E-state index contributed by atoms with van der Waals surface area (Å²) in [5.74, 6) is -0.405. The molecule has 0 spiro atoms. The summed E-state index contributed by atoms with van der Waals surface area (Å²) in [6.07, 6.45) is 0. The fraction of sp³-hybridized carbons (Fsp3) is 0.176. The van der Waals surface area contributed by atoms with Crippen LogP contribution in [0.2, 0.25) is 0 Å². The first-order chi connectivity index (χ1) is 10.5. The Morgan fingerprint density at radius 2 is 1.91 bits per heavy atom. The Morgan fingerprint density at radius 3 is 2.55 bits per heavy atom. The maximum atomic E-state index is 11.3. The third-order valence-electron chi connectivity index (χ3n) is 3.14. The number of methoxy groups -OCH3 is 1. The van der Waals surface area contributed by atoms with Crippen LogP contribution in [-0.4, -0.2) is 24.0 Å². The molecular weight excluding hydrogens is 284 g/mol. The normalized spacial score (nSPS) is 10.1. The Balaban J connectivity index is 2.21. The Morgan fingerprint density at radius 1 is 1.14 bits per heavy atom. The number of carbonyl (C=O) groups excluding carboxylic acids is 1. The van der Waals surface area contributed by atoms with Gasteiger partial charge >= 0.3 is 5.97 Å². The molecule has 0 aliphatic carbocycles. The standard InChI is InChI=1S/C17H16O5/c1-11(18)13-6-7-16(15(9-13)17(19)20)22-10-12-4-3-5-14(8-12)21-2/h3-9H,10H2,1-2H3,(H,19,20). The lowest BCUT2D eigenvalue weighted by molar-refractivity contribution is 0.0691. The van der Waals surface area contributed by atoms with Crippen molar-refractivity contribution in [2.75, 3.05) is 7.11 Å². The lowest BCUT2D eigenvalue weighted by atomic mass is 10.1. The Bertz CT molecular complexity index is 706. The van der Waals surface area contributed by atoms with Gasteiger partial charge in [0.2, 0.25) is 0 Å². The van der Waals surface area contributed by atoms with E-state index in [0.29, 0.717) is 11.3 Å². The smallest absolute Gasteiger partial charge is 0.339 e. The highest BCUT2D eigenvalue weighted by Crippen LogP contribution is 2.22. The van der Waals surface area contributed by atoms with Crippen molar-refractivity contribution >= 4 is 11.8 Å². The highest BCUT2D eigenvalue weighted by Gasteiger charge is 2.14. The van der Waals surface area contributed by atoms with E-state index in [1.165, 1.54) is 19.1 Å². The lowest BCUT2D eigenvalue weighted by Gasteiger charge is -2.11. The van der Waals surface area contributed by atoms with Crippen molar-refractivity contribution in [3.8, 4) is 11.5 Å². The number of aromatic carboxylic acids is 1. The molecule has 1 N–H and O–H groups in total. The van der Waals surface area contributed by atoms with E-state index in [4.69, 9.17) is 9.47 Å². The van der Waals surface area contributed by atoms with Crippen molar-refractivity contribution in [2.45, 2.75) is 13.5 Å². The van der Waals surface area contributed by atoms with E-state index in [1.54, 1.807) is 13.2 Å². The number of carbonyl (C=O) groups is 2. The van der Waals surface area contributed by atoms with E-state index in [9.17, 15) is 14.7 Å². The lowest BCUT2D eigenvalue weighted by Crippen LogP contribution is -2.05. The quantitative estimate of drug-likeness (QED) is 0.829. The van der Waals surface area contributed by atoms with Crippen LogP contribution in [0.5, 0.6) is 11.5 Å². The van der Waals surface area contributed by atoms with Crippen molar-refractivity contribution in [2.24, 2.45) is 0 Å². The molecule has 0 bridgehead atoms. The van der Waals surface area contributed by atoms with Crippen LogP contribution in [-0.2, 0) is 6.61 Å². The Kier molecular flexibility index (Phi) is 4.78. The monoisotopic (exact) mass is 300 g/mol. The zero-order chi connectivity index (χ0) is 16.1. The van der Waals surface area contributed by atoms with Gasteiger partial charge in [-0.1, -0.05) is 12.1 Å². The highest BCUT2D eigenvalue weighted by molar-refractivity contribution is 5.98. The van der Waals surface area contributed by atoms with E-state index in [-0.39, 0.29) is 23.7 Å². The molecular formula is C17H16O5. The second kappa shape index (κ2) is 6.76. The SMILES string of the molecule is COc1cccc(COc2ccc(C(C)=O)cc2C(=O)O)c1. The summed E-state index contributed by atoms with van der Waals surface area (Å²) >= 11 is 0. The first kappa shape index (κ1) is 15.6. The summed E-state index contributed by atoms with van der Waals surface area (Å²) in [6.45, 7) is 1.59. The third kappa shape index (κ3) is 3.63. The first-order valence-corrected chi connectivity index (χ1v) is 6.65. The minimum absolute atomic E-state index is 0.0319. The molecule has 0 radical (unpaired) electrons. The van der Waals surface area contributed by atoms with Gasteiger partial charge in [-0.05, 0) is 42.8 Å². The predicted molar refractivity (Wildman–Crippen MR) is 80.7 cm³/mol. The molecule has 0 fully saturated rings. The van der Waals surface area contributed by atoms with Crippen LogP contribution in [0, 0.1) is 0 Å². The molecule has 0 amide bonds. The van der Waals surface area contributed by atoms with Gasteiger partial charge in [-0.2, -0.15) is 0 Å². The summed E-state index contributed by atoms with van der Waals surface area (Å²) in [5, 5.41) is 9.24. The molecule has 22 heavy (non-hydrogen) atoms. The number of ether oxygens (including phenoxy) is 2. The fourth-order valence-electron chi connectivity index (χ4n) is 1.97. The largest absolute Gasteiger partial charge is 0.497 e. The summed E-state index contributed by atoms with van der Waals surface area (Å²) in [5.41, 5.74) is 1.16. The van der Waals surface area contributed by atoms with Crippen LogP contribution in [0.4, 0.5) is 0 Å². The van der Waals surface area contributed by atoms with E-state index in [1.807, 2.05) is 24.3 Å². The molecule has 0 saturated heterocycles. The van der Waals surface area contributed by atoms with Gasteiger partial charge in [0.1, 0.15) is 23.7 Å². The Labute approximate surface area is 128 Å². The predicted octanol–water partition coefficient (Wildman–Crippen LogP) is 3.18. The molecule has 0 saturated carbocycles. The fourth-order valence-corrected chi connectivity index (χ4v) is 1.97. The van der Waals surface area contributed by atoms with Crippen LogP contribution < -0.4 is 9.47 Å². The molecule has 0 heterocycles. The van der Waals surface area contributed by atoms with E-state index >= 15 is 0 Å². The first-order valence-electron chi connectivity index (χ1n) is 6.65. The number of hydrogen-bond acceptors (Lipinski definition) is 4. The number of carboxylic acid groups (broad SMARTS) is 1. The van der Waals surface area contributed by atoms with Crippen molar-refractivity contribution in [3.05, 3.63) is 59.2 Å². The Hall–Kier alpha value is -2.82. The van der Waals surface area contributed by atoms with Crippen molar-refractivity contribution in [1.82, 2.24) is 0 Å². The van der Waals surface area contributed by atoms with Gasteiger partial charge < -0.3 is 14.6 Å². The summed E-state index contributed by atoms with van der Waals surface area (Å²) < 4.78 is 10.7. The number of benzene rings is 2. The van der Waals surface area contributed by atoms with Crippen LogP contribution >= 0.6 is 0 Å².